The number of anilines is 1. The molecule has 0 bridgehead atoms. The van der Waals surface area contributed by atoms with Crippen LogP contribution in [0, 0.1) is 5.82 Å². The zero-order chi connectivity index (χ0) is 20.8. The second-order valence-corrected chi connectivity index (χ2v) is 5.78. The van der Waals surface area contributed by atoms with Crippen LogP contribution in [0.4, 0.5) is 14.9 Å². The van der Waals surface area contributed by atoms with E-state index in [2.05, 4.69) is 5.32 Å². The lowest BCUT2D eigenvalue weighted by atomic mass is 10.2. The molecular weight excluding hydrogens is 387 g/mol. The third-order valence-corrected chi connectivity index (χ3v) is 3.78. The number of fused-ring (bicyclic) bond motifs is 1. The molecule has 29 heavy (non-hydrogen) atoms. The van der Waals surface area contributed by atoms with E-state index in [1.807, 2.05) is 5.32 Å². The van der Waals surface area contributed by atoms with Gasteiger partial charge in [-0.1, -0.05) is 0 Å². The molecule has 0 spiro atoms. The molecule has 1 aliphatic heterocycles. The molecule has 1 heterocycles. The van der Waals surface area contributed by atoms with E-state index >= 15 is 0 Å². The average molecular weight is 404 g/mol. The van der Waals surface area contributed by atoms with E-state index in [1.54, 1.807) is 18.2 Å². The lowest BCUT2D eigenvalue weighted by molar-refractivity contribution is -0.123. The summed E-state index contributed by atoms with van der Waals surface area (Å²) in [5.41, 5.74) is 0.0104. The van der Waals surface area contributed by atoms with Gasteiger partial charge in [0.25, 0.3) is 5.91 Å². The fraction of sp³-hybridized carbons (Fsp3) is 0.211. The Balaban J connectivity index is 1.49. The number of benzene rings is 2. The normalized spacial score (nSPS) is 11.9. The van der Waals surface area contributed by atoms with Gasteiger partial charge in [0.2, 0.25) is 0 Å². The molecule has 0 aromatic heterocycles. The van der Waals surface area contributed by atoms with Crippen LogP contribution in [0.1, 0.15) is 10.4 Å². The number of amides is 3. The molecule has 3 amide bonds. The SMILES string of the molecule is COc1ccc(C(=O)OCC(=O)NC(=O)Nc2ccc3c(c2)OCCO3)c(F)c1. The highest BCUT2D eigenvalue weighted by atomic mass is 19.1. The number of esters is 1. The van der Waals surface area contributed by atoms with Crippen LogP contribution in [0.2, 0.25) is 0 Å². The van der Waals surface area contributed by atoms with Crippen LogP contribution >= 0.6 is 0 Å². The van der Waals surface area contributed by atoms with Crippen molar-refractivity contribution in [2.24, 2.45) is 0 Å². The van der Waals surface area contributed by atoms with Crippen LogP contribution in [0.25, 0.3) is 0 Å². The molecule has 0 atom stereocenters. The summed E-state index contributed by atoms with van der Waals surface area (Å²) in [5, 5.41) is 4.44. The third kappa shape index (κ3) is 5.12. The molecule has 2 aromatic carbocycles. The summed E-state index contributed by atoms with van der Waals surface area (Å²) in [4.78, 5) is 35.6. The van der Waals surface area contributed by atoms with Crippen LogP contribution < -0.4 is 24.8 Å². The van der Waals surface area contributed by atoms with Crippen LogP contribution in [0.5, 0.6) is 17.2 Å². The standard InChI is InChI=1S/C19H17FN2O7/c1-26-12-3-4-13(14(20)9-12)18(24)29-10-17(23)22-19(25)21-11-2-5-15-16(8-11)28-7-6-27-15/h2-5,8-9H,6-7,10H2,1H3,(H2,21,22,23,25). The fourth-order valence-electron chi connectivity index (χ4n) is 2.44. The Labute approximate surface area is 164 Å². The molecule has 2 N–H and O–H groups in total. The average Bonchev–Trinajstić information content (AvgIpc) is 2.71. The molecule has 2 aromatic rings. The summed E-state index contributed by atoms with van der Waals surface area (Å²) < 4.78 is 34.1. The van der Waals surface area contributed by atoms with E-state index in [1.165, 1.54) is 19.2 Å². The van der Waals surface area contributed by atoms with Crippen LogP contribution in [0.15, 0.2) is 36.4 Å². The Bertz CT molecular complexity index is 948. The first-order valence-corrected chi connectivity index (χ1v) is 8.47. The van der Waals surface area contributed by atoms with Crippen molar-refractivity contribution in [3.63, 3.8) is 0 Å². The monoisotopic (exact) mass is 404 g/mol. The molecule has 0 aliphatic carbocycles. The van der Waals surface area contributed by atoms with Gasteiger partial charge in [-0.05, 0) is 24.3 Å². The number of hydrogen-bond acceptors (Lipinski definition) is 7. The first kappa shape index (κ1) is 19.9. The van der Waals surface area contributed by atoms with Gasteiger partial charge in [-0.2, -0.15) is 0 Å². The summed E-state index contributed by atoms with van der Waals surface area (Å²) in [6.07, 6.45) is 0. The van der Waals surface area contributed by atoms with E-state index in [0.29, 0.717) is 30.4 Å². The first-order valence-electron chi connectivity index (χ1n) is 8.47. The number of methoxy groups -OCH3 is 1. The van der Waals surface area contributed by atoms with Crippen LogP contribution in [0.3, 0.4) is 0 Å². The van der Waals surface area contributed by atoms with Crippen molar-refractivity contribution in [2.45, 2.75) is 0 Å². The van der Waals surface area contributed by atoms with Gasteiger partial charge < -0.3 is 24.3 Å². The smallest absolute Gasteiger partial charge is 0.341 e. The number of imide groups is 1. The van der Waals surface area contributed by atoms with E-state index in [-0.39, 0.29) is 11.3 Å². The number of carbonyl (C=O) groups is 3. The largest absolute Gasteiger partial charge is 0.497 e. The Kier molecular flexibility index (Phi) is 6.12. The minimum absolute atomic E-state index is 0.229. The fourth-order valence-corrected chi connectivity index (χ4v) is 2.44. The summed E-state index contributed by atoms with van der Waals surface area (Å²) >= 11 is 0. The molecule has 1 aliphatic rings. The van der Waals surface area contributed by atoms with Crippen molar-refractivity contribution in [2.75, 3.05) is 32.2 Å². The maximum atomic E-state index is 13.8. The number of carbonyl (C=O) groups excluding carboxylic acids is 3. The highest BCUT2D eigenvalue weighted by Crippen LogP contribution is 2.32. The van der Waals surface area contributed by atoms with Crippen molar-refractivity contribution in [3.05, 3.63) is 47.8 Å². The van der Waals surface area contributed by atoms with E-state index in [9.17, 15) is 18.8 Å². The minimum atomic E-state index is -1.05. The number of nitrogens with one attached hydrogen (secondary N) is 2. The van der Waals surface area contributed by atoms with Gasteiger partial charge in [0.05, 0.1) is 12.7 Å². The van der Waals surface area contributed by atoms with Gasteiger partial charge in [-0.15, -0.1) is 0 Å². The third-order valence-electron chi connectivity index (χ3n) is 3.78. The zero-order valence-corrected chi connectivity index (χ0v) is 15.3. The summed E-state index contributed by atoms with van der Waals surface area (Å²) in [6, 6.07) is 7.46. The van der Waals surface area contributed by atoms with Gasteiger partial charge in [0.1, 0.15) is 24.8 Å². The maximum Gasteiger partial charge on any atom is 0.341 e. The Morgan fingerprint density at radius 3 is 2.55 bits per heavy atom. The number of halogens is 1. The molecule has 10 heteroatoms. The molecule has 0 saturated heterocycles. The molecule has 9 nitrogen and oxygen atoms in total. The van der Waals surface area contributed by atoms with Gasteiger partial charge in [0.15, 0.2) is 18.1 Å². The van der Waals surface area contributed by atoms with E-state index in [0.717, 1.165) is 6.07 Å². The number of ether oxygens (including phenoxy) is 4. The Hall–Kier alpha value is -3.82. The summed E-state index contributed by atoms with van der Waals surface area (Å²) in [7, 11) is 1.35. The number of hydrogen-bond donors (Lipinski definition) is 2. The second-order valence-electron chi connectivity index (χ2n) is 5.78. The topological polar surface area (TPSA) is 112 Å². The lowest BCUT2D eigenvalue weighted by Gasteiger charge is -2.19. The summed E-state index contributed by atoms with van der Waals surface area (Å²) in [5.74, 6) is -1.54. The predicted molar refractivity (Wildman–Crippen MR) is 97.8 cm³/mol. The van der Waals surface area contributed by atoms with Crippen molar-refractivity contribution in [1.82, 2.24) is 5.32 Å². The van der Waals surface area contributed by atoms with Crippen molar-refractivity contribution >= 4 is 23.6 Å². The highest BCUT2D eigenvalue weighted by molar-refractivity contribution is 6.02. The van der Waals surface area contributed by atoms with Gasteiger partial charge in [0, 0.05) is 17.8 Å². The Morgan fingerprint density at radius 1 is 1.07 bits per heavy atom. The number of rotatable bonds is 5. The molecular formula is C19H17FN2O7. The molecule has 0 unspecified atom stereocenters. The zero-order valence-electron chi connectivity index (χ0n) is 15.3. The van der Waals surface area contributed by atoms with Crippen molar-refractivity contribution in [3.8, 4) is 17.2 Å². The quantitative estimate of drug-likeness (QED) is 0.734. The van der Waals surface area contributed by atoms with E-state index in [4.69, 9.17) is 18.9 Å². The van der Waals surface area contributed by atoms with E-state index < -0.39 is 30.3 Å². The van der Waals surface area contributed by atoms with Gasteiger partial charge in [-0.3, -0.25) is 10.1 Å². The second kappa shape index (κ2) is 8.91. The van der Waals surface area contributed by atoms with Crippen molar-refractivity contribution < 1.29 is 37.7 Å². The predicted octanol–water partition coefficient (Wildman–Crippen LogP) is 2.11. The first-order chi connectivity index (χ1) is 14.0. The van der Waals surface area contributed by atoms with Crippen LogP contribution in [-0.4, -0.2) is 44.8 Å². The minimum Gasteiger partial charge on any atom is -0.497 e. The molecule has 152 valence electrons. The van der Waals surface area contributed by atoms with Crippen molar-refractivity contribution in [1.29, 1.82) is 0 Å². The molecule has 0 saturated carbocycles. The summed E-state index contributed by atoms with van der Waals surface area (Å²) in [6.45, 7) is 0.0636. The molecule has 0 radical (unpaired) electrons. The lowest BCUT2D eigenvalue weighted by Crippen LogP contribution is -2.37. The molecule has 0 fully saturated rings. The molecule has 3 rings (SSSR count). The Morgan fingerprint density at radius 2 is 1.83 bits per heavy atom. The number of urea groups is 1. The maximum absolute atomic E-state index is 13.8. The van der Waals surface area contributed by atoms with Gasteiger partial charge in [-0.25, -0.2) is 14.0 Å². The van der Waals surface area contributed by atoms with Crippen LogP contribution in [-0.2, 0) is 9.53 Å². The van der Waals surface area contributed by atoms with Gasteiger partial charge >= 0.3 is 12.0 Å². The highest BCUT2D eigenvalue weighted by Gasteiger charge is 2.17.